The average molecular weight is 286 g/mol. The number of esters is 1. The topological polar surface area (TPSA) is 63.6 Å². The molecule has 0 aromatic carbocycles. The molecule has 0 rings (SSSR count). The van der Waals surface area contributed by atoms with E-state index in [1.165, 1.54) is 38.5 Å². The fourth-order valence-electron chi connectivity index (χ4n) is 2.01. The number of ether oxygens (including phenoxy) is 1. The molecule has 20 heavy (non-hydrogen) atoms. The first-order chi connectivity index (χ1) is 9.52. The van der Waals surface area contributed by atoms with Crippen LogP contribution in [-0.4, -0.2) is 23.7 Å². The highest BCUT2D eigenvalue weighted by atomic mass is 16.5. The van der Waals surface area contributed by atoms with Gasteiger partial charge in [-0.3, -0.25) is 9.59 Å². The summed E-state index contributed by atoms with van der Waals surface area (Å²) in [5.74, 6) is -0.550. The maximum Gasteiger partial charge on any atom is 0.306 e. The molecule has 0 unspecified atom stereocenters. The lowest BCUT2D eigenvalue weighted by atomic mass is 10.0. The molecule has 1 N–H and O–H groups in total. The number of unbranched alkanes of at least 4 members (excludes halogenated alkanes) is 6. The van der Waals surface area contributed by atoms with Crippen LogP contribution >= 0.6 is 0 Å². The van der Waals surface area contributed by atoms with E-state index in [9.17, 15) is 9.59 Å². The molecule has 0 spiro atoms. The number of carboxylic acids is 1. The Labute approximate surface area is 122 Å². The van der Waals surface area contributed by atoms with Crippen molar-refractivity contribution in [3.05, 3.63) is 0 Å². The van der Waals surface area contributed by atoms with Crippen LogP contribution in [0.5, 0.6) is 0 Å². The van der Waals surface area contributed by atoms with Gasteiger partial charge in [0.15, 0.2) is 0 Å². The van der Waals surface area contributed by atoms with Gasteiger partial charge in [0.1, 0.15) is 0 Å². The van der Waals surface area contributed by atoms with Crippen molar-refractivity contribution >= 4 is 11.9 Å². The van der Waals surface area contributed by atoms with Gasteiger partial charge in [-0.15, -0.1) is 0 Å². The van der Waals surface area contributed by atoms with Crippen LogP contribution in [0.15, 0.2) is 0 Å². The molecule has 0 aromatic rings. The van der Waals surface area contributed by atoms with Crippen LogP contribution in [0.3, 0.4) is 0 Å². The Kier molecular flexibility index (Phi) is 12.3. The fourth-order valence-corrected chi connectivity index (χ4v) is 2.01. The van der Waals surface area contributed by atoms with Gasteiger partial charge in [-0.1, -0.05) is 58.8 Å². The van der Waals surface area contributed by atoms with E-state index < -0.39 is 11.9 Å². The summed E-state index contributed by atoms with van der Waals surface area (Å²) in [5.41, 5.74) is 0. The zero-order valence-electron chi connectivity index (χ0n) is 13.0. The van der Waals surface area contributed by atoms with Gasteiger partial charge < -0.3 is 9.84 Å². The van der Waals surface area contributed by atoms with Gasteiger partial charge in [0.25, 0.3) is 0 Å². The van der Waals surface area contributed by atoms with E-state index in [4.69, 9.17) is 9.84 Å². The van der Waals surface area contributed by atoms with Crippen molar-refractivity contribution in [1.29, 1.82) is 0 Å². The summed E-state index contributed by atoms with van der Waals surface area (Å²) >= 11 is 0. The lowest BCUT2D eigenvalue weighted by Gasteiger charge is -2.05. The zero-order chi connectivity index (χ0) is 15.2. The summed E-state index contributed by atoms with van der Waals surface area (Å²) in [6, 6.07) is 0. The second kappa shape index (κ2) is 12.9. The largest absolute Gasteiger partial charge is 0.481 e. The van der Waals surface area contributed by atoms with Gasteiger partial charge >= 0.3 is 11.9 Å². The van der Waals surface area contributed by atoms with Gasteiger partial charge in [-0.05, 0) is 12.3 Å². The van der Waals surface area contributed by atoms with E-state index in [1.54, 1.807) is 0 Å². The second-order valence-corrected chi connectivity index (χ2v) is 5.77. The molecule has 4 nitrogen and oxygen atoms in total. The highest BCUT2D eigenvalue weighted by Crippen LogP contribution is 2.12. The van der Waals surface area contributed by atoms with Gasteiger partial charge in [0.2, 0.25) is 0 Å². The smallest absolute Gasteiger partial charge is 0.306 e. The zero-order valence-corrected chi connectivity index (χ0v) is 13.0. The third kappa shape index (κ3) is 15.0. The Hall–Kier alpha value is -1.06. The standard InChI is InChI=1S/C16H30O4/c1-14(2)10-8-6-4-3-5-7-9-13-20-16(19)12-11-15(17)18/h14H,3-13H2,1-2H3,(H,17,18). The van der Waals surface area contributed by atoms with Crippen LogP contribution in [0.25, 0.3) is 0 Å². The summed E-state index contributed by atoms with van der Waals surface area (Å²) in [5, 5.41) is 8.42. The SMILES string of the molecule is CC(C)CCCCCCCCCOC(=O)CCC(=O)O. The van der Waals surface area contributed by atoms with Crippen LogP contribution in [0.4, 0.5) is 0 Å². The molecule has 0 aliphatic rings. The first kappa shape index (κ1) is 18.9. The summed E-state index contributed by atoms with van der Waals surface area (Å²) in [4.78, 5) is 21.4. The number of carbonyl (C=O) groups excluding carboxylic acids is 1. The van der Waals surface area contributed by atoms with Crippen LogP contribution in [0.1, 0.15) is 78.1 Å². The molecular weight excluding hydrogens is 256 g/mol. The highest BCUT2D eigenvalue weighted by molar-refractivity contribution is 5.76. The molecule has 4 heteroatoms. The second-order valence-electron chi connectivity index (χ2n) is 5.77. The lowest BCUT2D eigenvalue weighted by Crippen LogP contribution is -2.08. The van der Waals surface area contributed by atoms with Crippen LogP contribution in [0, 0.1) is 5.92 Å². The van der Waals surface area contributed by atoms with Crippen molar-refractivity contribution in [3.63, 3.8) is 0 Å². The quantitative estimate of drug-likeness (QED) is 0.407. The number of rotatable bonds is 13. The molecule has 0 amide bonds. The maximum atomic E-state index is 11.1. The van der Waals surface area contributed by atoms with Crippen molar-refractivity contribution in [2.24, 2.45) is 5.92 Å². The van der Waals surface area contributed by atoms with Crippen molar-refractivity contribution in [3.8, 4) is 0 Å². The van der Waals surface area contributed by atoms with E-state index in [1.807, 2.05) is 0 Å². The first-order valence-electron chi connectivity index (χ1n) is 7.89. The first-order valence-corrected chi connectivity index (χ1v) is 7.89. The van der Waals surface area contributed by atoms with Crippen LogP contribution in [0.2, 0.25) is 0 Å². The number of carboxylic acid groups (broad SMARTS) is 1. The minimum Gasteiger partial charge on any atom is -0.481 e. The molecule has 0 fully saturated rings. The molecular formula is C16H30O4. The third-order valence-corrected chi connectivity index (χ3v) is 3.23. The predicted molar refractivity (Wildman–Crippen MR) is 79.6 cm³/mol. The summed E-state index contributed by atoms with van der Waals surface area (Å²) in [6.07, 6.45) is 9.51. The molecule has 0 aromatic heterocycles. The molecule has 0 atom stereocenters. The van der Waals surface area contributed by atoms with E-state index in [0.29, 0.717) is 6.61 Å². The Balaban J connectivity index is 3.16. The predicted octanol–water partition coefficient (Wildman–Crippen LogP) is 4.17. The molecule has 0 saturated heterocycles. The monoisotopic (exact) mass is 286 g/mol. The van der Waals surface area contributed by atoms with Crippen molar-refractivity contribution < 1.29 is 19.4 Å². The Morgan fingerprint density at radius 1 is 0.900 bits per heavy atom. The van der Waals surface area contributed by atoms with E-state index in [2.05, 4.69) is 13.8 Å². The number of hydrogen-bond donors (Lipinski definition) is 1. The molecule has 118 valence electrons. The Morgan fingerprint density at radius 2 is 1.45 bits per heavy atom. The molecule has 0 radical (unpaired) electrons. The lowest BCUT2D eigenvalue weighted by molar-refractivity contribution is -0.147. The molecule has 0 saturated carbocycles. The van der Waals surface area contributed by atoms with Crippen molar-refractivity contribution in [1.82, 2.24) is 0 Å². The fraction of sp³-hybridized carbons (Fsp3) is 0.875. The summed E-state index contributed by atoms with van der Waals surface area (Å²) in [6.45, 7) is 4.95. The van der Waals surface area contributed by atoms with E-state index in [0.717, 1.165) is 18.8 Å². The normalized spacial score (nSPS) is 10.8. The molecule has 0 heterocycles. The number of carbonyl (C=O) groups is 2. The van der Waals surface area contributed by atoms with Crippen molar-refractivity contribution in [2.75, 3.05) is 6.61 Å². The number of aliphatic carboxylic acids is 1. The molecule has 0 aliphatic heterocycles. The van der Waals surface area contributed by atoms with Gasteiger partial charge in [0.05, 0.1) is 19.4 Å². The van der Waals surface area contributed by atoms with Gasteiger partial charge in [0, 0.05) is 0 Å². The van der Waals surface area contributed by atoms with E-state index in [-0.39, 0.29) is 12.8 Å². The molecule has 0 bridgehead atoms. The minimum atomic E-state index is -0.959. The number of hydrogen-bond acceptors (Lipinski definition) is 3. The van der Waals surface area contributed by atoms with Crippen LogP contribution < -0.4 is 0 Å². The van der Waals surface area contributed by atoms with E-state index >= 15 is 0 Å². The third-order valence-electron chi connectivity index (χ3n) is 3.23. The maximum absolute atomic E-state index is 11.1. The molecule has 0 aliphatic carbocycles. The van der Waals surface area contributed by atoms with Crippen molar-refractivity contribution in [2.45, 2.75) is 78.1 Å². The Bertz CT molecular complexity index is 261. The minimum absolute atomic E-state index is 0.0226. The highest BCUT2D eigenvalue weighted by Gasteiger charge is 2.05. The van der Waals surface area contributed by atoms with Gasteiger partial charge in [-0.25, -0.2) is 0 Å². The van der Waals surface area contributed by atoms with Crippen LogP contribution in [-0.2, 0) is 14.3 Å². The summed E-state index contributed by atoms with van der Waals surface area (Å²) < 4.78 is 4.96. The average Bonchev–Trinajstić information content (AvgIpc) is 2.38. The Morgan fingerprint density at radius 3 is 2.00 bits per heavy atom. The van der Waals surface area contributed by atoms with Gasteiger partial charge in [-0.2, -0.15) is 0 Å². The summed E-state index contributed by atoms with van der Waals surface area (Å²) in [7, 11) is 0.